The molecule has 2 saturated heterocycles. The van der Waals surface area contributed by atoms with Crippen molar-refractivity contribution in [1.29, 1.82) is 0 Å². The number of rotatable bonds is 6. The molecule has 2 fully saturated rings. The number of nitrogens with zero attached hydrogens (tertiary/aromatic N) is 3. The number of amides is 2. The number of nitro benzene ring substituents is 1. The lowest BCUT2D eigenvalue weighted by Crippen LogP contribution is -2.36. The van der Waals surface area contributed by atoms with E-state index in [9.17, 15) is 24.1 Å². The monoisotopic (exact) mass is 564 g/mol. The zero-order valence-corrected chi connectivity index (χ0v) is 22.0. The van der Waals surface area contributed by atoms with Crippen molar-refractivity contribution >= 4 is 68.9 Å². The smallest absolute Gasteiger partial charge is 0.293 e. The molecule has 0 radical (unpaired) electrons. The number of thiocarbonyl (C=S) groups is 1. The standard InChI is InChI=1S/C27H21FN4O5S2/c28-19-5-7-20(8-6-19)29-25(33)18-2-1-3-21(16-18)31-26(34)24(39-27(31)38)15-17-4-9-22(23(14-17)32(35)36)30-10-12-37-13-11-30/h1-9,14-16H,10-13H2,(H,29,33)/b24-15+. The van der Waals surface area contributed by atoms with Gasteiger partial charge in [0.05, 0.1) is 28.7 Å². The summed E-state index contributed by atoms with van der Waals surface area (Å²) in [4.78, 5) is 40.9. The number of carbonyl (C=O) groups excluding carboxylic acids is 2. The van der Waals surface area contributed by atoms with E-state index >= 15 is 0 Å². The van der Waals surface area contributed by atoms with Gasteiger partial charge in [-0.2, -0.15) is 0 Å². The van der Waals surface area contributed by atoms with Gasteiger partial charge in [0.1, 0.15) is 11.5 Å². The maximum Gasteiger partial charge on any atom is 0.293 e. The molecule has 2 amide bonds. The van der Waals surface area contributed by atoms with Crippen molar-refractivity contribution < 1.29 is 23.6 Å². The summed E-state index contributed by atoms with van der Waals surface area (Å²) < 4.78 is 18.8. The summed E-state index contributed by atoms with van der Waals surface area (Å²) in [7, 11) is 0. The highest BCUT2D eigenvalue weighted by atomic mass is 32.2. The van der Waals surface area contributed by atoms with Crippen LogP contribution in [0.1, 0.15) is 15.9 Å². The summed E-state index contributed by atoms with van der Waals surface area (Å²) in [5.41, 5.74) is 2.05. The molecule has 198 valence electrons. The minimum absolute atomic E-state index is 0.0546. The molecule has 3 aromatic carbocycles. The number of halogens is 1. The normalized spacial score (nSPS) is 16.6. The Kier molecular flexibility index (Phi) is 7.68. The van der Waals surface area contributed by atoms with E-state index in [1.807, 2.05) is 4.90 Å². The molecule has 39 heavy (non-hydrogen) atoms. The van der Waals surface area contributed by atoms with Crippen LogP contribution in [0.5, 0.6) is 0 Å². The van der Waals surface area contributed by atoms with Crippen molar-refractivity contribution in [3.8, 4) is 0 Å². The molecule has 5 rings (SSSR count). The number of hydrogen-bond acceptors (Lipinski definition) is 8. The van der Waals surface area contributed by atoms with Crippen LogP contribution in [0.3, 0.4) is 0 Å². The molecule has 0 atom stereocenters. The number of hydrogen-bond donors (Lipinski definition) is 1. The highest BCUT2D eigenvalue weighted by Gasteiger charge is 2.34. The van der Waals surface area contributed by atoms with Gasteiger partial charge in [-0.25, -0.2) is 4.39 Å². The second-order valence-corrected chi connectivity index (χ2v) is 10.3. The van der Waals surface area contributed by atoms with Crippen molar-refractivity contribution in [3.05, 3.63) is 98.7 Å². The molecule has 2 heterocycles. The first-order valence-corrected chi connectivity index (χ1v) is 13.1. The van der Waals surface area contributed by atoms with Crippen LogP contribution in [0.4, 0.5) is 27.1 Å². The lowest BCUT2D eigenvalue weighted by Gasteiger charge is -2.28. The molecule has 2 aliphatic heterocycles. The van der Waals surface area contributed by atoms with Gasteiger partial charge in [0.25, 0.3) is 17.5 Å². The lowest BCUT2D eigenvalue weighted by atomic mass is 10.1. The summed E-state index contributed by atoms with van der Waals surface area (Å²) in [6, 6.07) is 16.6. The number of anilines is 3. The van der Waals surface area contributed by atoms with Crippen LogP contribution in [-0.2, 0) is 9.53 Å². The van der Waals surface area contributed by atoms with E-state index in [0.717, 1.165) is 11.8 Å². The molecule has 2 aliphatic rings. The third-order valence-electron chi connectivity index (χ3n) is 6.11. The first-order chi connectivity index (χ1) is 18.8. The second kappa shape index (κ2) is 11.3. The lowest BCUT2D eigenvalue weighted by molar-refractivity contribution is -0.384. The number of benzene rings is 3. The van der Waals surface area contributed by atoms with Crippen molar-refractivity contribution in [1.82, 2.24) is 0 Å². The molecule has 0 bridgehead atoms. The zero-order chi connectivity index (χ0) is 27.5. The van der Waals surface area contributed by atoms with E-state index < -0.39 is 22.6 Å². The molecule has 0 unspecified atom stereocenters. The van der Waals surface area contributed by atoms with Crippen molar-refractivity contribution in [2.45, 2.75) is 0 Å². The summed E-state index contributed by atoms with van der Waals surface area (Å²) in [6.45, 7) is 2.10. The summed E-state index contributed by atoms with van der Waals surface area (Å²) in [5.74, 6) is -1.25. The van der Waals surface area contributed by atoms with Gasteiger partial charge < -0.3 is 15.0 Å². The SMILES string of the molecule is O=C(Nc1ccc(F)cc1)c1cccc(N2C(=O)/C(=C\c3ccc(N4CCOCC4)c([N+](=O)[O-])c3)SC2=S)c1. The number of nitro groups is 1. The molecular weight excluding hydrogens is 543 g/mol. The number of ether oxygens (including phenoxy) is 1. The van der Waals surface area contributed by atoms with E-state index in [1.54, 1.807) is 36.4 Å². The van der Waals surface area contributed by atoms with E-state index in [2.05, 4.69) is 5.32 Å². The van der Waals surface area contributed by atoms with Crippen molar-refractivity contribution in [2.24, 2.45) is 0 Å². The van der Waals surface area contributed by atoms with Crippen LogP contribution < -0.4 is 15.1 Å². The Bertz CT molecular complexity index is 1510. The minimum atomic E-state index is -0.435. The van der Waals surface area contributed by atoms with Gasteiger partial charge in [-0.3, -0.25) is 24.6 Å². The topological polar surface area (TPSA) is 105 Å². The largest absolute Gasteiger partial charge is 0.378 e. The molecule has 0 spiro atoms. The number of nitrogens with one attached hydrogen (secondary N) is 1. The number of carbonyl (C=O) groups is 2. The number of morpholine rings is 1. The van der Waals surface area contributed by atoms with Gasteiger partial charge >= 0.3 is 0 Å². The Hall–Kier alpha value is -4.13. The molecule has 3 aromatic rings. The summed E-state index contributed by atoms with van der Waals surface area (Å²) in [6.07, 6.45) is 1.57. The predicted octanol–water partition coefficient (Wildman–Crippen LogP) is 5.23. The highest BCUT2D eigenvalue weighted by molar-refractivity contribution is 8.27. The first-order valence-electron chi connectivity index (χ1n) is 11.9. The van der Waals surface area contributed by atoms with Gasteiger partial charge in [-0.05, 0) is 60.2 Å². The highest BCUT2D eigenvalue weighted by Crippen LogP contribution is 2.37. The van der Waals surface area contributed by atoms with Gasteiger partial charge in [-0.15, -0.1) is 0 Å². The molecule has 12 heteroatoms. The Morgan fingerprint density at radius 1 is 1.10 bits per heavy atom. The van der Waals surface area contributed by atoms with E-state index in [4.69, 9.17) is 17.0 Å². The molecule has 0 saturated carbocycles. The van der Waals surface area contributed by atoms with Crippen LogP contribution in [0.15, 0.2) is 71.6 Å². The summed E-state index contributed by atoms with van der Waals surface area (Å²) in [5, 5.41) is 14.5. The van der Waals surface area contributed by atoms with Crippen LogP contribution in [-0.4, -0.2) is 47.4 Å². The third kappa shape index (κ3) is 5.82. The zero-order valence-electron chi connectivity index (χ0n) is 20.3. The second-order valence-electron chi connectivity index (χ2n) is 8.63. The average molecular weight is 565 g/mol. The van der Waals surface area contributed by atoms with E-state index in [0.29, 0.717) is 53.8 Å². The molecule has 0 aliphatic carbocycles. The maximum atomic E-state index is 13.3. The fourth-order valence-electron chi connectivity index (χ4n) is 4.21. The van der Waals surface area contributed by atoms with Crippen LogP contribution in [0.25, 0.3) is 6.08 Å². The van der Waals surface area contributed by atoms with E-state index in [1.165, 1.54) is 41.3 Å². The quantitative estimate of drug-likeness (QED) is 0.188. The van der Waals surface area contributed by atoms with Gasteiger partial charge in [-0.1, -0.05) is 36.1 Å². The van der Waals surface area contributed by atoms with Crippen LogP contribution >= 0.6 is 24.0 Å². The molecular formula is C27H21FN4O5S2. The van der Waals surface area contributed by atoms with Crippen molar-refractivity contribution in [2.75, 3.05) is 41.4 Å². The number of thioether (sulfide) groups is 1. The fourth-order valence-corrected chi connectivity index (χ4v) is 5.51. The van der Waals surface area contributed by atoms with Gasteiger partial charge in [0, 0.05) is 30.4 Å². The van der Waals surface area contributed by atoms with E-state index in [-0.39, 0.29) is 15.6 Å². The Labute approximate surface area is 232 Å². The minimum Gasteiger partial charge on any atom is -0.378 e. The van der Waals surface area contributed by atoms with Gasteiger partial charge in [0.2, 0.25) is 0 Å². The Balaban J connectivity index is 1.37. The van der Waals surface area contributed by atoms with Crippen LogP contribution in [0.2, 0.25) is 0 Å². The molecule has 0 aromatic heterocycles. The molecule has 1 N–H and O–H groups in total. The average Bonchev–Trinajstić information content (AvgIpc) is 3.22. The molecule has 9 nitrogen and oxygen atoms in total. The van der Waals surface area contributed by atoms with Crippen LogP contribution in [0, 0.1) is 15.9 Å². The van der Waals surface area contributed by atoms with Crippen molar-refractivity contribution in [3.63, 3.8) is 0 Å². The maximum absolute atomic E-state index is 13.3. The Morgan fingerprint density at radius 2 is 1.85 bits per heavy atom. The summed E-state index contributed by atoms with van der Waals surface area (Å²) >= 11 is 6.53. The fraction of sp³-hybridized carbons (Fsp3) is 0.148. The Morgan fingerprint density at radius 3 is 2.56 bits per heavy atom. The first kappa shape index (κ1) is 26.5. The van der Waals surface area contributed by atoms with Gasteiger partial charge in [0.15, 0.2) is 4.32 Å². The predicted molar refractivity (Wildman–Crippen MR) is 153 cm³/mol. The third-order valence-corrected chi connectivity index (χ3v) is 7.41.